The summed E-state index contributed by atoms with van der Waals surface area (Å²) in [6, 6.07) is 66.7. The van der Waals surface area contributed by atoms with E-state index in [0.717, 1.165) is 112 Å². The molecular formula is C59H39N7O2. The Balaban J connectivity index is 1.28. The van der Waals surface area contributed by atoms with Crippen molar-refractivity contribution in [3.63, 3.8) is 0 Å². The van der Waals surface area contributed by atoms with Crippen LogP contribution in [0.15, 0.2) is 200 Å². The average Bonchev–Trinajstić information content (AvgIpc) is 4.27. The van der Waals surface area contributed by atoms with Crippen molar-refractivity contribution < 1.29 is 4.92 Å². The number of nitrogens with one attached hydrogen (secondary N) is 2. The van der Waals surface area contributed by atoms with Crippen molar-refractivity contribution in [3.05, 3.63) is 233 Å². The molecule has 2 aliphatic rings. The van der Waals surface area contributed by atoms with E-state index in [1.165, 1.54) is 12.1 Å². The highest BCUT2D eigenvalue weighted by atomic mass is 16.6. The molecule has 4 aromatic heterocycles. The van der Waals surface area contributed by atoms with Crippen LogP contribution < -0.4 is 0 Å². The van der Waals surface area contributed by atoms with Crippen LogP contribution in [0.4, 0.5) is 5.69 Å². The third-order valence-electron chi connectivity index (χ3n) is 12.5. The standard InChI is InChI=1S/C59H39N7O2/c67-66(68)44-28-26-38(27-29-44)52-37-54(65(64-52)43-24-14-5-15-25-43)45-36-53-57(41-20-10-3-11-21-41)50-33-32-48(61-50)55(39-16-6-1-7-17-39)46-30-31-47(60-46)56(40-18-8-2-9-19-40)49-34-35-51(62-49)58(59(45)63-53)42-22-12-4-13-23-42/h1-37,60,63H. The predicted octanol–water partition coefficient (Wildman–Crippen LogP) is 14.8. The summed E-state index contributed by atoms with van der Waals surface area (Å²) in [6.45, 7) is 0. The number of rotatable bonds is 8. The van der Waals surface area contributed by atoms with E-state index in [1.807, 2.05) is 59.3 Å². The van der Waals surface area contributed by atoms with Crippen molar-refractivity contribution in [3.8, 4) is 72.7 Å². The Morgan fingerprint density at radius 3 is 1.32 bits per heavy atom. The molecule has 6 aromatic carbocycles. The van der Waals surface area contributed by atoms with Gasteiger partial charge < -0.3 is 9.97 Å². The molecule has 0 spiro atoms. The topological polar surface area (TPSA) is 118 Å². The summed E-state index contributed by atoms with van der Waals surface area (Å²) in [4.78, 5) is 30.2. The van der Waals surface area contributed by atoms with Crippen LogP contribution in [0, 0.1) is 10.1 Å². The van der Waals surface area contributed by atoms with Gasteiger partial charge >= 0.3 is 0 Å². The molecule has 9 heteroatoms. The van der Waals surface area contributed by atoms with Gasteiger partial charge in [-0.1, -0.05) is 140 Å². The fraction of sp³-hybridized carbons (Fsp3) is 0. The second kappa shape index (κ2) is 16.8. The summed E-state index contributed by atoms with van der Waals surface area (Å²) in [7, 11) is 0. The van der Waals surface area contributed by atoms with E-state index >= 15 is 0 Å². The molecule has 0 aliphatic carbocycles. The van der Waals surface area contributed by atoms with Crippen LogP contribution in [0.5, 0.6) is 0 Å². The Morgan fingerprint density at radius 2 is 0.853 bits per heavy atom. The van der Waals surface area contributed by atoms with Gasteiger partial charge in [0.05, 0.1) is 50.3 Å². The Labute approximate surface area is 390 Å². The Morgan fingerprint density at radius 1 is 0.426 bits per heavy atom. The SMILES string of the molecule is O=[N+]([O-])c1ccc(-c2cc(-c3cc4[nH]c3c(-c3ccccc3)c3nc(c(-c5ccccc5)c5ccc([nH]5)c(-c5ccccc5)c5nc(c4-c4ccccc4)C=C5)C=C3)n(-c3ccccc3)n2)cc1. The maximum absolute atomic E-state index is 11.7. The fourth-order valence-corrected chi connectivity index (χ4v) is 9.35. The second-order valence-corrected chi connectivity index (χ2v) is 16.6. The number of hydrogen-bond acceptors (Lipinski definition) is 5. The molecule has 2 aliphatic heterocycles. The molecule has 0 saturated carbocycles. The number of fused-ring (bicyclic) bond motifs is 8. The zero-order chi connectivity index (χ0) is 45.6. The van der Waals surface area contributed by atoms with Gasteiger partial charge in [0, 0.05) is 62.1 Å². The largest absolute Gasteiger partial charge is 0.354 e. The highest BCUT2D eigenvalue weighted by molar-refractivity contribution is 6.04. The molecule has 6 heterocycles. The number of benzene rings is 6. The molecule has 68 heavy (non-hydrogen) atoms. The van der Waals surface area contributed by atoms with Crippen molar-refractivity contribution in [2.24, 2.45) is 0 Å². The zero-order valence-corrected chi connectivity index (χ0v) is 36.4. The number of non-ortho nitro benzene ring substituents is 1. The summed E-state index contributed by atoms with van der Waals surface area (Å²) in [5.41, 5.74) is 18.5. The maximum atomic E-state index is 11.7. The van der Waals surface area contributed by atoms with Crippen molar-refractivity contribution in [1.29, 1.82) is 0 Å². The predicted molar refractivity (Wildman–Crippen MR) is 275 cm³/mol. The lowest BCUT2D eigenvalue weighted by atomic mass is 10.00. The molecule has 10 aromatic rings. The number of nitro groups is 1. The maximum Gasteiger partial charge on any atom is 0.269 e. The lowest BCUT2D eigenvalue weighted by molar-refractivity contribution is -0.384. The minimum atomic E-state index is -0.387. The zero-order valence-electron chi connectivity index (χ0n) is 36.4. The third-order valence-corrected chi connectivity index (χ3v) is 12.5. The van der Waals surface area contributed by atoms with Gasteiger partial charge in [-0.3, -0.25) is 10.1 Å². The Kier molecular flexibility index (Phi) is 9.91. The van der Waals surface area contributed by atoms with Crippen molar-refractivity contribution in [2.45, 2.75) is 0 Å². The lowest BCUT2D eigenvalue weighted by Crippen LogP contribution is -1.99. The molecule has 0 fully saturated rings. The van der Waals surface area contributed by atoms with Gasteiger partial charge in [-0.15, -0.1) is 0 Å². The first-order valence-electron chi connectivity index (χ1n) is 22.4. The number of hydrogen-bond donors (Lipinski definition) is 2. The smallest absolute Gasteiger partial charge is 0.269 e. The number of nitro benzene ring substituents is 1. The molecule has 2 N–H and O–H groups in total. The molecule has 0 unspecified atom stereocenters. The number of para-hydroxylation sites is 1. The van der Waals surface area contributed by atoms with Crippen LogP contribution >= 0.6 is 0 Å². The van der Waals surface area contributed by atoms with E-state index in [2.05, 4.69) is 156 Å². The van der Waals surface area contributed by atoms with Gasteiger partial charge in [0.2, 0.25) is 0 Å². The highest BCUT2D eigenvalue weighted by Gasteiger charge is 2.24. The summed E-state index contributed by atoms with van der Waals surface area (Å²) >= 11 is 0. The molecule has 0 saturated heterocycles. The van der Waals surface area contributed by atoms with Crippen molar-refractivity contribution in [1.82, 2.24) is 29.7 Å². The number of aromatic nitrogens is 6. The van der Waals surface area contributed by atoms with Gasteiger partial charge in [0.1, 0.15) is 0 Å². The highest BCUT2D eigenvalue weighted by Crippen LogP contribution is 2.43. The van der Waals surface area contributed by atoms with E-state index in [9.17, 15) is 10.1 Å². The normalized spacial score (nSPS) is 11.8. The quantitative estimate of drug-likeness (QED) is 0.116. The van der Waals surface area contributed by atoms with Crippen molar-refractivity contribution in [2.75, 3.05) is 0 Å². The van der Waals surface area contributed by atoms with E-state index in [-0.39, 0.29) is 10.6 Å². The second-order valence-electron chi connectivity index (χ2n) is 16.6. The molecule has 322 valence electrons. The average molecular weight is 878 g/mol. The Hall–Kier alpha value is -9.47. The van der Waals surface area contributed by atoms with Gasteiger partial charge in [-0.05, 0) is 95.1 Å². The van der Waals surface area contributed by atoms with Gasteiger partial charge in [0.15, 0.2) is 0 Å². The van der Waals surface area contributed by atoms with E-state index in [0.29, 0.717) is 5.69 Å². The van der Waals surface area contributed by atoms with Crippen molar-refractivity contribution >= 4 is 52.1 Å². The fourth-order valence-electron chi connectivity index (χ4n) is 9.35. The van der Waals surface area contributed by atoms with Crippen LogP contribution in [0.2, 0.25) is 0 Å². The first-order chi connectivity index (χ1) is 33.5. The van der Waals surface area contributed by atoms with Gasteiger partial charge in [0.25, 0.3) is 5.69 Å². The first kappa shape index (κ1) is 40.1. The van der Waals surface area contributed by atoms with Crippen LogP contribution in [-0.4, -0.2) is 34.6 Å². The van der Waals surface area contributed by atoms with Crippen LogP contribution in [0.3, 0.4) is 0 Å². The van der Waals surface area contributed by atoms with Crippen LogP contribution in [0.1, 0.15) is 22.8 Å². The minimum Gasteiger partial charge on any atom is -0.354 e. The number of aromatic amines is 2. The summed E-state index contributed by atoms with van der Waals surface area (Å²) < 4.78 is 1.95. The van der Waals surface area contributed by atoms with Gasteiger partial charge in [-0.2, -0.15) is 5.10 Å². The summed E-state index contributed by atoms with van der Waals surface area (Å²) in [5, 5.41) is 16.9. The van der Waals surface area contributed by atoms with Gasteiger partial charge in [-0.25, -0.2) is 14.6 Å². The van der Waals surface area contributed by atoms with E-state index in [4.69, 9.17) is 15.1 Å². The summed E-state index contributed by atoms with van der Waals surface area (Å²) in [6.07, 6.45) is 8.44. The minimum absolute atomic E-state index is 0.0131. The molecular weight excluding hydrogens is 839 g/mol. The molecule has 9 nitrogen and oxygen atoms in total. The lowest BCUT2D eigenvalue weighted by Gasteiger charge is -2.09. The monoisotopic (exact) mass is 877 g/mol. The van der Waals surface area contributed by atoms with Crippen LogP contribution in [-0.2, 0) is 0 Å². The molecule has 0 atom stereocenters. The third kappa shape index (κ3) is 7.21. The molecule has 0 radical (unpaired) electrons. The van der Waals surface area contributed by atoms with E-state index < -0.39 is 0 Å². The van der Waals surface area contributed by atoms with Crippen LogP contribution in [0.25, 0.3) is 119 Å². The first-order valence-corrected chi connectivity index (χ1v) is 22.4. The molecule has 0 amide bonds. The number of nitrogens with zero attached hydrogens (tertiary/aromatic N) is 5. The molecule has 12 rings (SSSR count). The Bertz CT molecular complexity index is 3780. The number of H-pyrrole nitrogens is 2. The molecule has 8 bridgehead atoms. The summed E-state index contributed by atoms with van der Waals surface area (Å²) in [5.74, 6) is 0. The van der Waals surface area contributed by atoms with E-state index in [1.54, 1.807) is 12.1 Å².